The summed E-state index contributed by atoms with van der Waals surface area (Å²) in [5.74, 6) is -1.04. The maximum atomic E-state index is 13.3. The molecule has 3 aromatic rings. The molecule has 2 saturated heterocycles. The molecule has 0 unspecified atom stereocenters. The molecule has 2 aliphatic rings. The van der Waals surface area contributed by atoms with Gasteiger partial charge < -0.3 is 19.9 Å². The van der Waals surface area contributed by atoms with Gasteiger partial charge in [-0.15, -0.1) is 0 Å². The topological polar surface area (TPSA) is 108 Å². The second kappa shape index (κ2) is 15.2. The van der Waals surface area contributed by atoms with E-state index in [-0.39, 0.29) is 30.3 Å². The Morgan fingerprint density at radius 2 is 1.78 bits per heavy atom. The van der Waals surface area contributed by atoms with Crippen LogP contribution in [0, 0.1) is 0 Å². The monoisotopic (exact) mass is 685 g/mol. The number of morpholine rings is 1. The molecule has 3 aromatic carbocycles. The summed E-state index contributed by atoms with van der Waals surface area (Å²) in [6, 6.07) is 16.7. The lowest BCUT2D eigenvalue weighted by Gasteiger charge is -2.26. The molecular formula is C32H29Cl2N3O6S2. The molecule has 2 fully saturated rings. The number of hydrogen-bond acceptors (Lipinski definition) is 8. The van der Waals surface area contributed by atoms with Crippen molar-refractivity contribution in [1.29, 1.82) is 0 Å². The van der Waals surface area contributed by atoms with Gasteiger partial charge in [0, 0.05) is 59.5 Å². The Bertz CT molecular complexity index is 1640. The highest BCUT2D eigenvalue weighted by Gasteiger charge is 2.32. The van der Waals surface area contributed by atoms with Crippen LogP contribution in [0.3, 0.4) is 0 Å². The Balaban J connectivity index is 1.28. The van der Waals surface area contributed by atoms with Gasteiger partial charge >= 0.3 is 5.97 Å². The van der Waals surface area contributed by atoms with Gasteiger partial charge in [-0.2, -0.15) is 0 Å². The van der Waals surface area contributed by atoms with Crippen LogP contribution in [0.15, 0.2) is 65.6 Å². The largest absolute Gasteiger partial charge is 0.492 e. The number of amides is 2. The summed E-state index contributed by atoms with van der Waals surface area (Å²) >= 11 is 19.5. The van der Waals surface area contributed by atoms with Crippen LogP contribution in [0.5, 0.6) is 5.75 Å². The smallest absolute Gasteiger partial charge is 0.335 e. The van der Waals surface area contributed by atoms with E-state index in [1.165, 1.54) is 40.9 Å². The Labute approximate surface area is 280 Å². The summed E-state index contributed by atoms with van der Waals surface area (Å²) in [6.07, 6.45) is 1.76. The molecule has 0 atom stereocenters. The van der Waals surface area contributed by atoms with Crippen molar-refractivity contribution in [1.82, 2.24) is 9.80 Å². The van der Waals surface area contributed by atoms with E-state index >= 15 is 0 Å². The number of carboxylic acid groups (broad SMARTS) is 1. The van der Waals surface area contributed by atoms with E-state index in [0.717, 1.165) is 30.8 Å². The molecule has 13 heteroatoms. The first kappa shape index (κ1) is 32.9. The molecule has 0 aliphatic carbocycles. The van der Waals surface area contributed by atoms with Crippen molar-refractivity contribution in [3.63, 3.8) is 0 Å². The van der Waals surface area contributed by atoms with Crippen LogP contribution in [0.4, 0.5) is 5.69 Å². The zero-order valence-corrected chi connectivity index (χ0v) is 27.1. The summed E-state index contributed by atoms with van der Waals surface area (Å²) < 4.78 is 12.0. The average Bonchev–Trinajstić information content (AvgIpc) is 3.29. The first-order valence-electron chi connectivity index (χ1n) is 14.1. The van der Waals surface area contributed by atoms with Crippen LogP contribution < -0.4 is 10.1 Å². The standard InChI is InChI=1S/C32H29Cl2N3O6S2/c33-22-4-7-26(34)24(19-22)25-17-20(1-8-27(25)43-16-13-36-11-14-42-15-12-36)18-28-30(39)37(32(44)45-28)10-9-29(38)35-23-5-2-21(3-6-23)31(40)41/h1-8,17-19H,9-16H2,(H,35,38)(H,40,41). The number of hydrogen-bond donors (Lipinski definition) is 2. The van der Waals surface area contributed by atoms with Crippen LogP contribution in [0.1, 0.15) is 22.3 Å². The number of ether oxygens (including phenoxy) is 2. The Hall–Kier alpha value is -3.45. The van der Waals surface area contributed by atoms with E-state index in [4.69, 9.17) is 50.0 Å². The van der Waals surface area contributed by atoms with Gasteiger partial charge in [0.25, 0.3) is 5.91 Å². The number of benzene rings is 3. The summed E-state index contributed by atoms with van der Waals surface area (Å²) in [5, 5.41) is 12.8. The summed E-state index contributed by atoms with van der Waals surface area (Å²) in [7, 11) is 0. The molecule has 0 radical (unpaired) electrons. The predicted octanol–water partition coefficient (Wildman–Crippen LogP) is 6.30. The number of anilines is 1. The SMILES string of the molecule is O=C(CCN1C(=O)C(=Cc2ccc(OCCN3CCOCC3)c(-c3cc(Cl)ccc3Cl)c2)SC1=S)Nc1ccc(C(=O)O)cc1. The molecule has 2 heterocycles. The molecule has 234 valence electrons. The van der Waals surface area contributed by atoms with Gasteiger partial charge in [-0.1, -0.05) is 53.2 Å². The van der Waals surface area contributed by atoms with Gasteiger partial charge in [0.05, 0.1) is 23.7 Å². The highest BCUT2D eigenvalue weighted by molar-refractivity contribution is 8.26. The first-order valence-corrected chi connectivity index (χ1v) is 16.1. The fraction of sp³-hybridized carbons (Fsp3) is 0.250. The lowest BCUT2D eigenvalue weighted by molar-refractivity contribution is -0.122. The molecule has 2 aliphatic heterocycles. The molecule has 9 nitrogen and oxygen atoms in total. The third kappa shape index (κ3) is 8.63. The lowest BCUT2D eigenvalue weighted by Crippen LogP contribution is -2.38. The lowest BCUT2D eigenvalue weighted by atomic mass is 10.0. The number of carbonyl (C=O) groups is 3. The zero-order valence-electron chi connectivity index (χ0n) is 24.0. The number of nitrogens with zero attached hydrogens (tertiary/aromatic N) is 2. The number of carbonyl (C=O) groups excluding carboxylic acids is 2. The summed E-state index contributed by atoms with van der Waals surface area (Å²) in [6.45, 7) is 4.47. The summed E-state index contributed by atoms with van der Waals surface area (Å²) in [4.78, 5) is 41.0. The van der Waals surface area contributed by atoms with Gasteiger partial charge in [-0.3, -0.25) is 19.4 Å². The van der Waals surface area contributed by atoms with Crippen molar-refractivity contribution < 1.29 is 29.0 Å². The number of halogens is 2. The van der Waals surface area contributed by atoms with Crippen molar-refractivity contribution in [3.05, 3.63) is 86.7 Å². The molecule has 0 bridgehead atoms. The van der Waals surface area contributed by atoms with E-state index in [1.807, 2.05) is 18.2 Å². The van der Waals surface area contributed by atoms with Crippen LogP contribution >= 0.6 is 47.2 Å². The zero-order chi connectivity index (χ0) is 31.9. The fourth-order valence-electron chi connectivity index (χ4n) is 4.76. The highest BCUT2D eigenvalue weighted by Crippen LogP contribution is 2.39. The van der Waals surface area contributed by atoms with Crippen LogP contribution in [-0.2, 0) is 14.3 Å². The van der Waals surface area contributed by atoms with Crippen LogP contribution in [-0.4, -0.2) is 83.0 Å². The van der Waals surface area contributed by atoms with Gasteiger partial charge in [0.1, 0.15) is 16.7 Å². The molecule has 2 N–H and O–H groups in total. The number of thioether (sulfide) groups is 1. The Morgan fingerprint density at radius 1 is 1.02 bits per heavy atom. The minimum absolute atomic E-state index is 0.00824. The maximum Gasteiger partial charge on any atom is 0.335 e. The fourth-order valence-corrected chi connectivity index (χ4v) is 6.46. The number of rotatable bonds is 11. The van der Waals surface area contributed by atoms with Gasteiger partial charge in [-0.05, 0) is 66.2 Å². The minimum atomic E-state index is -1.05. The van der Waals surface area contributed by atoms with Gasteiger partial charge in [0.15, 0.2) is 0 Å². The van der Waals surface area contributed by atoms with E-state index in [1.54, 1.807) is 24.3 Å². The minimum Gasteiger partial charge on any atom is -0.492 e. The maximum absolute atomic E-state index is 13.3. The van der Waals surface area contributed by atoms with E-state index in [0.29, 0.717) is 56.1 Å². The molecule has 2 amide bonds. The molecule has 0 spiro atoms. The number of aromatic carboxylic acids is 1. The summed E-state index contributed by atoms with van der Waals surface area (Å²) in [5.41, 5.74) is 2.76. The molecule has 45 heavy (non-hydrogen) atoms. The van der Waals surface area contributed by atoms with E-state index < -0.39 is 5.97 Å². The molecule has 0 saturated carbocycles. The first-order chi connectivity index (χ1) is 21.7. The number of nitrogens with one attached hydrogen (secondary N) is 1. The molecule has 0 aromatic heterocycles. The van der Waals surface area contributed by atoms with Crippen LogP contribution in [0.2, 0.25) is 10.0 Å². The Kier molecular flexibility index (Phi) is 11.1. The molecule has 5 rings (SSSR count). The van der Waals surface area contributed by atoms with Crippen molar-refractivity contribution in [3.8, 4) is 16.9 Å². The van der Waals surface area contributed by atoms with Crippen molar-refractivity contribution in [2.75, 3.05) is 51.3 Å². The molecular weight excluding hydrogens is 657 g/mol. The third-order valence-corrected chi connectivity index (χ3v) is 9.08. The second-order valence-corrected chi connectivity index (χ2v) is 12.7. The number of thiocarbonyl (C=S) groups is 1. The second-order valence-electron chi connectivity index (χ2n) is 10.2. The van der Waals surface area contributed by atoms with Crippen molar-refractivity contribution >= 4 is 81.0 Å². The predicted molar refractivity (Wildman–Crippen MR) is 181 cm³/mol. The van der Waals surface area contributed by atoms with Gasteiger partial charge in [-0.25, -0.2) is 4.79 Å². The van der Waals surface area contributed by atoms with Crippen LogP contribution in [0.25, 0.3) is 17.2 Å². The van der Waals surface area contributed by atoms with E-state index in [2.05, 4.69) is 10.2 Å². The highest BCUT2D eigenvalue weighted by atomic mass is 35.5. The van der Waals surface area contributed by atoms with Gasteiger partial charge in [0.2, 0.25) is 5.91 Å². The van der Waals surface area contributed by atoms with E-state index in [9.17, 15) is 14.4 Å². The quantitative estimate of drug-likeness (QED) is 0.178. The Morgan fingerprint density at radius 3 is 2.51 bits per heavy atom. The number of carboxylic acids is 1. The third-order valence-electron chi connectivity index (χ3n) is 7.14. The normalized spacial score (nSPS) is 16.3. The van der Waals surface area contributed by atoms with Crippen molar-refractivity contribution in [2.24, 2.45) is 0 Å². The van der Waals surface area contributed by atoms with Crippen molar-refractivity contribution in [2.45, 2.75) is 6.42 Å². The average molecular weight is 687 g/mol.